The Hall–Kier alpha value is -0.370. The number of hydrogen-bond acceptors (Lipinski definition) is 1. The first-order valence-electron chi connectivity index (χ1n) is 3.49. The molecular weight excluding hydrogens is 190 g/mol. The van der Waals surface area contributed by atoms with E-state index < -0.39 is 0 Å². The number of rotatable bonds is 0. The monoisotopic (exact) mass is 197 g/mol. The maximum absolute atomic E-state index is 4.31. The van der Waals surface area contributed by atoms with Gasteiger partial charge in [-0.05, 0) is 46.8 Å². The van der Waals surface area contributed by atoms with Crippen LogP contribution in [0.2, 0.25) is 0 Å². The molecular formula is C8H8BrN. The number of nitrogens with zero attached hydrogens (tertiary/aromatic N) is 1. The molecule has 2 heteroatoms. The zero-order valence-corrected chi connectivity index (χ0v) is 7.19. The SMILES string of the molecule is Brc1cnc2c(c1)CCC2. The van der Waals surface area contributed by atoms with Crippen molar-refractivity contribution in [3.8, 4) is 0 Å². The highest BCUT2D eigenvalue weighted by Gasteiger charge is 2.10. The molecule has 10 heavy (non-hydrogen) atoms. The number of aromatic nitrogens is 1. The molecule has 1 nitrogen and oxygen atoms in total. The maximum atomic E-state index is 4.31. The third-order valence-corrected chi connectivity index (χ3v) is 2.32. The molecule has 0 unspecified atom stereocenters. The number of fused-ring (bicyclic) bond motifs is 1. The molecule has 0 saturated heterocycles. The normalized spacial score (nSPS) is 15.3. The van der Waals surface area contributed by atoms with Crippen molar-refractivity contribution in [3.63, 3.8) is 0 Å². The quantitative estimate of drug-likeness (QED) is 0.623. The molecule has 0 spiro atoms. The summed E-state index contributed by atoms with van der Waals surface area (Å²) in [6.07, 6.45) is 5.54. The summed E-state index contributed by atoms with van der Waals surface area (Å²) in [7, 11) is 0. The van der Waals surface area contributed by atoms with E-state index in [1.54, 1.807) is 0 Å². The molecule has 0 saturated carbocycles. The second-order valence-electron chi connectivity index (χ2n) is 2.61. The van der Waals surface area contributed by atoms with Gasteiger partial charge in [-0.15, -0.1) is 0 Å². The van der Waals surface area contributed by atoms with Crippen LogP contribution in [0.1, 0.15) is 17.7 Å². The van der Waals surface area contributed by atoms with Crippen LogP contribution in [0.15, 0.2) is 16.7 Å². The molecule has 1 aromatic heterocycles. The lowest BCUT2D eigenvalue weighted by molar-refractivity contribution is 0.899. The van der Waals surface area contributed by atoms with E-state index in [1.165, 1.54) is 30.5 Å². The fraction of sp³-hybridized carbons (Fsp3) is 0.375. The average molecular weight is 198 g/mol. The van der Waals surface area contributed by atoms with E-state index >= 15 is 0 Å². The van der Waals surface area contributed by atoms with Crippen molar-refractivity contribution in [2.45, 2.75) is 19.3 Å². The summed E-state index contributed by atoms with van der Waals surface area (Å²) in [6.45, 7) is 0. The molecule has 0 radical (unpaired) electrons. The molecule has 0 N–H and O–H groups in total. The van der Waals surface area contributed by atoms with E-state index in [2.05, 4.69) is 27.0 Å². The predicted octanol–water partition coefficient (Wildman–Crippen LogP) is 2.33. The van der Waals surface area contributed by atoms with Gasteiger partial charge in [0.15, 0.2) is 0 Å². The van der Waals surface area contributed by atoms with Gasteiger partial charge in [0, 0.05) is 16.4 Å². The topological polar surface area (TPSA) is 12.9 Å². The standard InChI is InChI=1S/C8H8BrN/c9-7-4-6-2-1-3-8(6)10-5-7/h4-5H,1-3H2. The number of pyridine rings is 1. The number of halogens is 1. The Morgan fingerprint density at radius 3 is 3.20 bits per heavy atom. The fourth-order valence-corrected chi connectivity index (χ4v) is 1.78. The summed E-state index contributed by atoms with van der Waals surface area (Å²) in [5.41, 5.74) is 2.72. The van der Waals surface area contributed by atoms with Crippen molar-refractivity contribution < 1.29 is 0 Å². The van der Waals surface area contributed by atoms with E-state index in [0.717, 1.165) is 4.47 Å². The molecule has 1 aliphatic carbocycles. The molecule has 1 heterocycles. The molecule has 0 fully saturated rings. The minimum atomic E-state index is 1.10. The van der Waals surface area contributed by atoms with Crippen LogP contribution in [0.3, 0.4) is 0 Å². The molecule has 0 aromatic carbocycles. The van der Waals surface area contributed by atoms with Crippen molar-refractivity contribution in [3.05, 3.63) is 28.0 Å². The Morgan fingerprint density at radius 1 is 1.40 bits per heavy atom. The average Bonchev–Trinajstić information content (AvgIpc) is 2.33. The third kappa shape index (κ3) is 0.966. The van der Waals surface area contributed by atoms with Gasteiger partial charge >= 0.3 is 0 Å². The van der Waals surface area contributed by atoms with Crippen LogP contribution in [-0.2, 0) is 12.8 Å². The van der Waals surface area contributed by atoms with Crippen LogP contribution in [0.4, 0.5) is 0 Å². The largest absolute Gasteiger partial charge is 0.260 e. The minimum absolute atomic E-state index is 1.10. The van der Waals surface area contributed by atoms with Gasteiger partial charge in [0.25, 0.3) is 0 Å². The van der Waals surface area contributed by atoms with Gasteiger partial charge in [-0.3, -0.25) is 4.98 Å². The Labute approximate surface area is 68.6 Å². The fourth-order valence-electron chi connectivity index (χ4n) is 1.40. The highest BCUT2D eigenvalue weighted by Crippen LogP contribution is 2.22. The van der Waals surface area contributed by atoms with Gasteiger partial charge in [0.1, 0.15) is 0 Å². The van der Waals surface area contributed by atoms with Crippen molar-refractivity contribution >= 4 is 15.9 Å². The molecule has 0 atom stereocenters. The second-order valence-corrected chi connectivity index (χ2v) is 3.53. The van der Waals surface area contributed by atoms with E-state index in [-0.39, 0.29) is 0 Å². The van der Waals surface area contributed by atoms with Crippen molar-refractivity contribution in [1.82, 2.24) is 4.98 Å². The van der Waals surface area contributed by atoms with E-state index in [0.29, 0.717) is 0 Å². The van der Waals surface area contributed by atoms with Crippen LogP contribution in [0, 0.1) is 0 Å². The summed E-state index contributed by atoms with van der Waals surface area (Å²) >= 11 is 3.40. The summed E-state index contributed by atoms with van der Waals surface area (Å²) in [6, 6.07) is 2.18. The van der Waals surface area contributed by atoms with E-state index in [9.17, 15) is 0 Å². The van der Waals surface area contributed by atoms with E-state index in [1.807, 2.05) is 6.20 Å². The van der Waals surface area contributed by atoms with Gasteiger partial charge in [-0.25, -0.2) is 0 Å². The number of hydrogen-bond donors (Lipinski definition) is 0. The molecule has 52 valence electrons. The smallest absolute Gasteiger partial charge is 0.0436 e. The first kappa shape index (κ1) is 6.35. The molecule has 1 aromatic rings. The lowest BCUT2D eigenvalue weighted by Gasteiger charge is -1.95. The van der Waals surface area contributed by atoms with Crippen LogP contribution in [0.5, 0.6) is 0 Å². The van der Waals surface area contributed by atoms with Crippen molar-refractivity contribution in [1.29, 1.82) is 0 Å². The molecule has 1 aliphatic rings. The summed E-state index contributed by atoms with van der Waals surface area (Å²) in [5, 5.41) is 0. The third-order valence-electron chi connectivity index (χ3n) is 1.89. The summed E-state index contributed by atoms with van der Waals surface area (Å²) < 4.78 is 1.10. The Morgan fingerprint density at radius 2 is 2.30 bits per heavy atom. The maximum Gasteiger partial charge on any atom is 0.0436 e. The predicted molar refractivity (Wildman–Crippen MR) is 44.0 cm³/mol. The lowest BCUT2D eigenvalue weighted by atomic mass is 10.2. The van der Waals surface area contributed by atoms with Gasteiger partial charge in [-0.1, -0.05) is 0 Å². The zero-order chi connectivity index (χ0) is 6.97. The second kappa shape index (κ2) is 2.35. The summed E-state index contributed by atoms with van der Waals surface area (Å²) in [4.78, 5) is 4.31. The molecule has 2 rings (SSSR count). The molecule has 0 bridgehead atoms. The van der Waals surface area contributed by atoms with Crippen LogP contribution in [0.25, 0.3) is 0 Å². The van der Waals surface area contributed by atoms with Crippen LogP contribution < -0.4 is 0 Å². The minimum Gasteiger partial charge on any atom is -0.260 e. The van der Waals surface area contributed by atoms with Gasteiger partial charge in [0.2, 0.25) is 0 Å². The first-order chi connectivity index (χ1) is 4.86. The lowest BCUT2D eigenvalue weighted by Crippen LogP contribution is -1.85. The Kier molecular flexibility index (Phi) is 1.49. The van der Waals surface area contributed by atoms with Crippen LogP contribution >= 0.6 is 15.9 Å². The van der Waals surface area contributed by atoms with Gasteiger partial charge in [0.05, 0.1) is 0 Å². The highest BCUT2D eigenvalue weighted by molar-refractivity contribution is 9.10. The Bertz CT molecular complexity index is 257. The summed E-state index contributed by atoms with van der Waals surface area (Å²) in [5.74, 6) is 0. The number of aryl methyl sites for hydroxylation is 2. The highest BCUT2D eigenvalue weighted by atomic mass is 79.9. The van der Waals surface area contributed by atoms with Gasteiger partial charge < -0.3 is 0 Å². The van der Waals surface area contributed by atoms with E-state index in [4.69, 9.17) is 0 Å². The van der Waals surface area contributed by atoms with Gasteiger partial charge in [-0.2, -0.15) is 0 Å². The molecule has 0 aliphatic heterocycles. The zero-order valence-electron chi connectivity index (χ0n) is 5.60. The van der Waals surface area contributed by atoms with Crippen LogP contribution in [-0.4, -0.2) is 4.98 Å². The van der Waals surface area contributed by atoms with Crippen molar-refractivity contribution in [2.75, 3.05) is 0 Å². The first-order valence-corrected chi connectivity index (χ1v) is 4.29. The van der Waals surface area contributed by atoms with Crippen molar-refractivity contribution in [2.24, 2.45) is 0 Å². The Balaban J connectivity index is 2.52. The molecule has 0 amide bonds.